The Morgan fingerprint density at radius 3 is 1.95 bits per heavy atom. The summed E-state index contributed by atoms with van der Waals surface area (Å²) in [6.45, 7) is 6.10. The topological polar surface area (TPSA) is 155 Å². The Kier molecular flexibility index (Phi) is 15.6. The number of aromatic amines is 1. The van der Waals surface area contributed by atoms with Gasteiger partial charge in [0.05, 0.1) is 16.7 Å². The molecule has 0 spiro atoms. The van der Waals surface area contributed by atoms with Crippen molar-refractivity contribution in [2.45, 2.75) is 83.1 Å². The quantitative estimate of drug-likeness (QED) is 0.0502. The normalized spacial score (nSPS) is 18.7. The molecule has 1 saturated heterocycles. The predicted molar refractivity (Wildman–Crippen MR) is 226 cm³/mol. The summed E-state index contributed by atoms with van der Waals surface area (Å²) < 4.78 is 46.8. The number of hydrogen-bond donors (Lipinski definition) is 2. The number of aromatic nitrogens is 2. The highest BCUT2D eigenvalue weighted by atomic mass is 19.1. The summed E-state index contributed by atoms with van der Waals surface area (Å²) >= 11 is 0. The number of esters is 3. The van der Waals surface area contributed by atoms with Crippen LogP contribution in [-0.4, -0.2) is 77.9 Å². The molecule has 4 aromatic carbocycles. The number of benzene rings is 4. The Morgan fingerprint density at radius 2 is 1.38 bits per heavy atom. The molecule has 1 fully saturated rings. The van der Waals surface area contributed by atoms with Crippen LogP contribution >= 0.6 is 0 Å². The minimum absolute atomic E-state index is 0.0312. The van der Waals surface area contributed by atoms with Gasteiger partial charge in [-0.05, 0) is 59.9 Å². The number of unbranched alkanes of at least 4 members (excludes halogenated alkanes) is 1. The van der Waals surface area contributed by atoms with Crippen LogP contribution in [0.5, 0.6) is 5.88 Å². The first-order valence-electron chi connectivity index (χ1n) is 20.4. The van der Waals surface area contributed by atoms with Gasteiger partial charge >= 0.3 is 17.9 Å². The smallest absolute Gasteiger partial charge is 0.338 e. The van der Waals surface area contributed by atoms with Gasteiger partial charge in [-0.15, -0.1) is 5.10 Å². The number of carbonyl (C=O) groups excluding carboxylic acids is 4. The number of rotatable bonds is 18. The maximum atomic E-state index is 16.9. The molecule has 0 saturated carbocycles. The Morgan fingerprint density at radius 1 is 0.803 bits per heavy atom. The van der Waals surface area contributed by atoms with Crippen LogP contribution in [-0.2, 0) is 30.2 Å². The standard InChI is InChI=1S/C48H50FN3O9/c1-4-5-28-50-39(53)23-15-16-32-24-26-33(27-25-32)29-37-41(31(2)3)51-52-44(37)61-48-43(60-47(56)36-21-13-8-14-22-36)42(59-46(55)35-19-11-7-12-20-35)40(49)38(58-48)30-57-45(54)34-17-9-6-10-18-34/h6-22,24-27,31,38,40,42-43,48H,4-5,23,28-30H2,1-3H3,(H,50,53)(H,51,52)/b16-15+. The van der Waals surface area contributed by atoms with Crippen LogP contribution in [0.2, 0.25) is 0 Å². The Hall–Kier alpha value is -6.60. The first kappa shape index (κ1) is 44.0. The fourth-order valence-electron chi connectivity index (χ4n) is 6.65. The Balaban J connectivity index is 1.29. The second-order valence-electron chi connectivity index (χ2n) is 14.8. The van der Waals surface area contributed by atoms with Crippen molar-refractivity contribution in [2.24, 2.45) is 0 Å². The number of hydrogen-bond acceptors (Lipinski definition) is 10. The number of ether oxygens (including phenoxy) is 5. The molecule has 6 rings (SSSR count). The van der Waals surface area contributed by atoms with E-state index in [-0.39, 0.29) is 40.8 Å². The van der Waals surface area contributed by atoms with Gasteiger partial charge in [-0.25, -0.2) is 18.8 Å². The van der Waals surface area contributed by atoms with Gasteiger partial charge in [0.25, 0.3) is 0 Å². The number of halogens is 1. The van der Waals surface area contributed by atoms with E-state index < -0.39 is 55.3 Å². The largest absolute Gasteiger partial charge is 0.459 e. The lowest BCUT2D eigenvalue weighted by Crippen LogP contribution is -2.61. The number of nitrogens with one attached hydrogen (secondary N) is 2. The lowest BCUT2D eigenvalue weighted by molar-refractivity contribution is -0.264. The summed E-state index contributed by atoms with van der Waals surface area (Å²) in [5.41, 5.74) is 3.75. The number of H-pyrrole nitrogens is 1. The van der Waals surface area contributed by atoms with Crippen molar-refractivity contribution in [3.63, 3.8) is 0 Å². The molecule has 318 valence electrons. The second kappa shape index (κ2) is 21.6. The summed E-state index contributed by atoms with van der Waals surface area (Å²) in [5.74, 6) is -2.44. The SMILES string of the molecule is CCCCNC(=O)C/C=C/c1ccc(Cc2c(OC3OC(COC(=O)c4ccccc4)C(F)C(OC(=O)c4ccccc4)C3OC(=O)c3ccccc3)n[nH]c2C(C)C)cc1. The fourth-order valence-corrected chi connectivity index (χ4v) is 6.65. The number of carbonyl (C=O) groups is 4. The highest BCUT2D eigenvalue weighted by Crippen LogP contribution is 2.35. The average molecular weight is 832 g/mol. The van der Waals surface area contributed by atoms with Crippen molar-refractivity contribution >= 4 is 29.9 Å². The molecule has 61 heavy (non-hydrogen) atoms. The predicted octanol–water partition coefficient (Wildman–Crippen LogP) is 8.19. The maximum Gasteiger partial charge on any atom is 0.338 e. The van der Waals surface area contributed by atoms with Crippen molar-refractivity contribution in [3.8, 4) is 5.88 Å². The summed E-state index contributed by atoms with van der Waals surface area (Å²) in [6, 6.07) is 32.0. The molecule has 5 atom stereocenters. The molecule has 1 amide bonds. The van der Waals surface area contributed by atoms with Crippen molar-refractivity contribution in [3.05, 3.63) is 160 Å². The van der Waals surface area contributed by atoms with Crippen LogP contribution < -0.4 is 10.1 Å². The maximum absolute atomic E-state index is 16.9. The number of amides is 1. The van der Waals surface area contributed by atoms with Crippen molar-refractivity contribution in [1.82, 2.24) is 15.5 Å². The lowest BCUT2D eigenvalue weighted by atomic mass is 9.98. The third-order valence-corrected chi connectivity index (χ3v) is 9.96. The number of nitrogens with zero attached hydrogens (tertiary/aromatic N) is 1. The lowest BCUT2D eigenvalue weighted by Gasteiger charge is -2.41. The van der Waals surface area contributed by atoms with Gasteiger partial charge in [-0.1, -0.05) is 118 Å². The fraction of sp³-hybridized carbons (Fsp3) is 0.312. The van der Waals surface area contributed by atoms with Crippen LogP contribution in [0.3, 0.4) is 0 Å². The van der Waals surface area contributed by atoms with Gasteiger partial charge < -0.3 is 29.0 Å². The van der Waals surface area contributed by atoms with E-state index in [0.29, 0.717) is 18.5 Å². The molecule has 0 aliphatic carbocycles. The molecule has 1 aromatic heterocycles. The zero-order valence-electron chi connectivity index (χ0n) is 34.3. The second-order valence-corrected chi connectivity index (χ2v) is 14.8. The van der Waals surface area contributed by atoms with Crippen LogP contribution in [0.4, 0.5) is 4.39 Å². The van der Waals surface area contributed by atoms with Gasteiger partial charge in [0.15, 0.2) is 12.3 Å². The summed E-state index contributed by atoms with van der Waals surface area (Å²) in [6.07, 6.45) is -2.47. The highest BCUT2D eigenvalue weighted by molar-refractivity contribution is 5.91. The molecule has 5 aromatic rings. The van der Waals surface area contributed by atoms with Gasteiger partial charge in [0.2, 0.25) is 24.2 Å². The number of alkyl halides is 1. The summed E-state index contributed by atoms with van der Waals surface area (Å²) in [5, 5.41) is 10.5. The minimum atomic E-state index is -2.16. The zero-order valence-corrected chi connectivity index (χ0v) is 34.3. The zero-order chi connectivity index (χ0) is 43.1. The van der Waals surface area contributed by atoms with E-state index in [1.54, 1.807) is 66.7 Å². The third-order valence-electron chi connectivity index (χ3n) is 9.96. The van der Waals surface area contributed by atoms with Crippen LogP contribution in [0.15, 0.2) is 121 Å². The molecule has 0 radical (unpaired) electrons. The van der Waals surface area contributed by atoms with Gasteiger partial charge in [-0.2, -0.15) is 0 Å². The Bertz CT molecular complexity index is 2230. The molecule has 13 heteroatoms. The van der Waals surface area contributed by atoms with Crippen LogP contribution in [0.25, 0.3) is 6.08 Å². The minimum Gasteiger partial charge on any atom is -0.459 e. The third kappa shape index (κ3) is 12.0. The Labute approximate surface area is 354 Å². The van der Waals surface area contributed by atoms with E-state index in [1.807, 2.05) is 50.3 Å². The summed E-state index contributed by atoms with van der Waals surface area (Å²) in [7, 11) is 0. The van der Waals surface area contributed by atoms with E-state index >= 15 is 4.39 Å². The average Bonchev–Trinajstić information content (AvgIpc) is 3.68. The van der Waals surface area contributed by atoms with E-state index in [9.17, 15) is 19.2 Å². The molecule has 2 N–H and O–H groups in total. The molecular weight excluding hydrogens is 782 g/mol. The van der Waals surface area contributed by atoms with Gasteiger partial charge in [0, 0.05) is 30.6 Å². The highest BCUT2D eigenvalue weighted by Gasteiger charge is 2.53. The summed E-state index contributed by atoms with van der Waals surface area (Å²) in [4.78, 5) is 52.3. The molecular formula is C48H50FN3O9. The van der Waals surface area contributed by atoms with Gasteiger partial charge in [0.1, 0.15) is 12.7 Å². The first-order chi connectivity index (χ1) is 29.6. The van der Waals surface area contributed by atoms with Crippen molar-refractivity contribution < 1.29 is 47.3 Å². The monoisotopic (exact) mass is 831 g/mol. The van der Waals surface area contributed by atoms with Gasteiger partial charge in [-0.3, -0.25) is 9.89 Å². The van der Waals surface area contributed by atoms with E-state index in [0.717, 1.165) is 29.7 Å². The van der Waals surface area contributed by atoms with E-state index in [2.05, 4.69) is 22.4 Å². The molecule has 12 nitrogen and oxygen atoms in total. The first-order valence-corrected chi connectivity index (χ1v) is 20.4. The molecule has 5 unspecified atom stereocenters. The van der Waals surface area contributed by atoms with Crippen molar-refractivity contribution in [1.29, 1.82) is 0 Å². The molecule has 0 bridgehead atoms. The molecule has 1 aliphatic rings. The van der Waals surface area contributed by atoms with Crippen LogP contribution in [0, 0.1) is 0 Å². The van der Waals surface area contributed by atoms with Crippen LogP contribution in [0.1, 0.15) is 99.4 Å². The molecule has 2 heterocycles. The molecule has 1 aliphatic heterocycles. The van der Waals surface area contributed by atoms with E-state index in [1.165, 1.54) is 24.3 Å². The van der Waals surface area contributed by atoms with Crippen molar-refractivity contribution in [2.75, 3.05) is 13.2 Å². The van der Waals surface area contributed by atoms with E-state index in [4.69, 9.17) is 23.7 Å².